The Balaban J connectivity index is 1.25. The van der Waals surface area contributed by atoms with E-state index in [-0.39, 0.29) is 37.1 Å². The quantitative estimate of drug-likeness (QED) is 0.115. The number of azide groups is 2. The van der Waals surface area contributed by atoms with Gasteiger partial charge in [-0.15, -0.1) is 0 Å². The largest absolute Gasteiger partial charge is 0.442 e. The molecule has 2 atom stereocenters. The van der Waals surface area contributed by atoms with E-state index < -0.39 is 11.7 Å². The molecule has 0 N–H and O–H groups in total. The summed E-state index contributed by atoms with van der Waals surface area (Å²) in [7, 11) is 0. The minimum atomic E-state index is -0.980. The summed E-state index contributed by atoms with van der Waals surface area (Å²) < 4.78 is 8.56. The number of rotatable bonds is 10. The average Bonchev–Trinajstić information content (AvgIpc) is 3.62. The van der Waals surface area contributed by atoms with E-state index in [1.54, 1.807) is 26.2 Å². The van der Waals surface area contributed by atoms with Gasteiger partial charge in [-0.3, -0.25) is 9.48 Å². The molecule has 2 aliphatic carbocycles. The predicted octanol–water partition coefficient (Wildman–Crippen LogP) is 6.37. The smallest absolute Gasteiger partial charge is 0.435 e. The first kappa shape index (κ1) is 29.7. The van der Waals surface area contributed by atoms with Gasteiger partial charge < -0.3 is 9.64 Å². The van der Waals surface area contributed by atoms with Crippen LogP contribution in [0.4, 0.5) is 4.79 Å². The van der Waals surface area contributed by atoms with Crippen molar-refractivity contribution in [3.63, 3.8) is 0 Å². The van der Waals surface area contributed by atoms with Crippen LogP contribution in [0.1, 0.15) is 66.3 Å². The predicted molar refractivity (Wildman–Crippen MR) is 166 cm³/mol. The molecule has 14 nitrogen and oxygen atoms in total. The van der Waals surface area contributed by atoms with E-state index in [0.717, 1.165) is 47.0 Å². The standard InChI is InChI=1S/C31H33N11O3/c1-31(2,19-35-39-33)45-30(44)40-18-21-15-23(13-14-26(21)37-40)41(22-11-12-22)29(43)24-9-6-10-27-25(24)16-36-42(27)28(17-34-38-32)20-7-4-3-5-8-20/h3-10,16,18,22-23,28H,11-15,17,19H2,1-2H3. The van der Waals surface area contributed by atoms with Crippen molar-refractivity contribution in [1.82, 2.24) is 24.5 Å². The second-order valence-electron chi connectivity index (χ2n) is 12.1. The normalized spacial score (nSPS) is 16.6. The van der Waals surface area contributed by atoms with Crippen LogP contribution >= 0.6 is 0 Å². The highest BCUT2D eigenvalue weighted by Crippen LogP contribution is 2.36. The summed E-state index contributed by atoms with van der Waals surface area (Å²) in [5, 5.41) is 17.2. The van der Waals surface area contributed by atoms with Gasteiger partial charge in [0.2, 0.25) is 0 Å². The van der Waals surface area contributed by atoms with E-state index in [4.69, 9.17) is 15.8 Å². The number of benzene rings is 2. The maximum Gasteiger partial charge on any atom is 0.435 e. The SMILES string of the molecule is CC(C)(CN=[N+]=[N-])OC(=O)n1cc2c(n1)CCC(N(C(=O)c1cccc3c1cnn3C(CN=[N+]=[N-])c1ccccc1)C1CC1)C2. The number of ether oxygens (including phenoxy) is 1. The van der Waals surface area contributed by atoms with Crippen LogP contribution in [0.2, 0.25) is 0 Å². The number of amides is 1. The Labute approximate surface area is 258 Å². The maximum absolute atomic E-state index is 14.3. The Morgan fingerprint density at radius 3 is 2.58 bits per heavy atom. The third kappa shape index (κ3) is 6.19. The molecule has 6 rings (SSSR count). The van der Waals surface area contributed by atoms with E-state index in [2.05, 4.69) is 30.2 Å². The van der Waals surface area contributed by atoms with Crippen molar-refractivity contribution in [3.05, 3.63) is 104 Å². The number of hydrogen-bond donors (Lipinski definition) is 0. The highest BCUT2D eigenvalue weighted by atomic mass is 16.6. The van der Waals surface area contributed by atoms with Crippen LogP contribution in [0.3, 0.4) is 0 Å². The van der Waals surface area contributed by atoms with Crippen LogP contribution in [-0.4, -0.2) is 67.2 Å². The fourth-order valence-electron chi connectivity index (χ4n) is 6.07. The summed E-state index contributed by atoms with van der Waals surface area (Å²) in [6, 6.07) is 15.1. The molecule has 2 unspecified atom stereocenters. The lowest BCUT2D eigenvalue weighted by molar-refractivity contribution is 0.0441. The van der Waals surface area contributed by atoms with Gasteiger partial charge in [-0.25, -0.2) is 4.79 Å². The minimum Gasteiger partial charge on any atom is -0.442 e. The molecule has 230 valence electrons. The van der Waals surface area contributed by atoms with E-state index in [9.17, 15) is 9.59 Å². The van der Waals surface area contributed by atoms with E-state index in [1.807, 2.05) is 58.1 Å². The summed E-state index contributed by atoms with van der Waals surface area (Å²) in [5.74, 6) is -0.0472. The van der Waals surface area contributed by atoms with Crippen molar-refractivity contribution in [2.24, 2.45) is 10.2 Å². The molecule has 0 spiro atoms. The monoisotopic (exact) mass is 607 g/mol. The number of nitrogens with zero attached hydrogens (tertiary/aromatic N) is 11. The van der Waals surface area contributed by atoms with Gasteiger partial charge in [-0.2, -0.15) is 14.9 Å². The van der Waals surface area contributed by atoms with Crippen molar-refractivity contribution < 1.29 is 14.3 Å². The van der Waals surface area contributed by atoms with Gasteiger partial charge in [0.05, 0.1) is 42.1 Å². The van der Waals surface area contributed by atoms with E-state index >= 15 is 0 Å². The minimum absolute atomic E-state index is 0.00311. The molecular formula is C31H33N11O3. The summed E-state index contributed by atoms with van der Waals surface area (Å²) in [4.78, 5) is 34.9. The van der Waals surface area contributed by atoms with E-state index in [0.29, 0.717) is 18.4 Å². The van der Waals surface area contributed by atoms with Crippen LogP contribution in [0, 0.1) is 0 Å². The fourth-order valence-corrected chi connectivity index (χ4v) is 6.07. The molecule has 0 aliphatic heterocycles. The highest BCUT2D eigenvalue weighted by molar-refractivity contribution is 6.06. The number of fused-ring (bicyclic) bond motifs is 2. The van der Waals surface area contributed by atoms with Crippen LogP contribution in [0.15, 0.2) is 71.2 Å². The Morgan fingerprint density at radius 2 is 1.84 bits per heavy atom. The Kier molecular flexibility index (Phi) is 8.16. The summed E-state index contributed by atoms with van der Waals surface area (Å²) >= 11 is 0. The topological polar surface area (TPSA) is 180 Å². The molecule has 1 fully saturated rings. The Morgan fingerprint density at radius 1 is 1.07 bits per heavy atom. The molecule has 14 heteroatoms. The van der Waals surface area contributed by atoms with Gasteiger partial charge in [0, 0.05) is 33.5 Å². The summed E-state index contributed by atoms with van der Waals surface area (Å²) in [6.45, 7) is 3.53. The zero-order valence-electron chi connectivity index (χ0n) is 25.1. The number of aryl methyl sites for hydroxylation is 1. The van der Waals surface area contributed by atoms with Crippen molar-refractivity contribution in [3.8, 4) is 0 Å². The van der Waals surface area contributed by atoms with Gasteiger partial charge in [0.25, 0.3) is 5.91 Å². The van der Waals surface area contributed by atoms with Crippen molar-refractivity contribution in [2.45, 2.75) is 69.7 Å². The molecule has 4 aromatic rings. The first-order valence-corrected chi connectivity index (χ1v) is 15.0. The maximum atomic E-state index is 14.3. The molecule has 1 amide bonds. The Hall–Kier alpha value is -5.32. The molecule has 2 aromatic carbocycles. The molecule has 0 radical (unpaired) electrons. The van der Waals surface area contributed by atoms with Gasteiger partial charge >= 0.3 is 6.09 Å². The van der Waals surface area contributed by atoms with Gasteiger partial charge in [0.1, 0.15) is 5.60 Å². The first-order chi connectivity index (χ1) is 21.8. The second kappa shape index (κ2) is 12.4. The summed E-state index contributed by atoms with van der Waals surface area (Å²) in [5.41, 5.74) is 20.7. The lowest BCUT2D eigenvalue weighted by atomic mass is 9.91. The number of aromatic nitrogens is 4. The van der Waals surface area contributed by atoms with Crippen LogP contribution in [0.25, 0.3) is 31.8 Å². The first-order valence-electron chi connectivity index (χ1n) is 15.0. The van der Waals surface area contributed by atoms with Crippen molar-refractivity contribution in [1.29, 1.82) is 0 Å². The number of hydrogen-bond acceptors (Lipinski definition) is 7. The fraction of sp³-hybridized carbons (Fsp3) is 0.419. The van der Waals surface area contributed by atoms with E-state index in [1.165, 1.54) is 4.68 Å². The third-order valence-electron chi connectivity index (χ3n) is 8.35. The molecule has 45 heavy (non-hydrogen) atoms. The van der Waals surface area contributed by atoms with Crippen LogP contribution in [0.5, 0.6) is 0 Å². The summed E-state index contributed by atoms with van der Waals surface area (Å²) in [6.07, 6.45) is 6.56. The van der Waals surface area contributed by atoms with Crippen molar-refractivity contribution >= 4 is 22.9 Å². The molecule has 0 saturated heterocycles. The van der Waals surface area contributed by atoms with Gasteiger partial charge in [0.15, 0.2) is 0 Å². The molecular weight excluding hydrogens is 574 g/mol. The third-order valence-corrected chi connectivity index (χ3v) is 8.35. The molecule has 2 heterocycles. The Bertz CT molecular complexity index is 1830. The molecule has 2 aromatic heterocycles. The highest BCUT2D eigenvalue weighted by Gasteiger charge is 2.40. The number of carbonyl (C=O) groups is 2. The zero-order valence-corrected chi connectivity index (χ0v) is 25.1. The molecule has 1 saturated carbocycles. The lowest BCUT2D eigenvalue weighted by Gasteiger charge is -2.34. The van der Waals surface area contributed by atoms with Crippen LogP contribution in [-0.2, 0) is 17.6 Å². The average molecular weight is 608 g/mol. The molecule has 2 aliphatic rings. The lowest BCUT2D eigenvalue weighted by Crippen LogP contribution is -2.44. The zero-order chi connectivity index (χ0) is 31.6. The number of carbonyl (C=O) groups excluding carboxylic acids is 2. The van der Waals surface area contributed by atoms with Gasteiger partial charge in [-0.1, -0.05) is 46.6 Å². The van der Waals surface area contributed by atoms with Crippen LogP contribution < -0.4 is 0 Å². The van der Waals surface area contributed by atoms with Gasteiger partial charge in [-0.05, 0) is 80.3 Å². The van der Waals surface area contributed by atoms with Crippen molar-refractivity contribution in [2.75, 3.05) is 13.1 Å². The molecule has 0 bridgehead atoms. The second-order valence-corrected chi connectivity index (χ2v) is 12.1.